The highest BCUT2D eigenvalue weighted by Crippen LogP contribution is 2.32. The molecule has 2 aromatic carbocycles. The first-order chi connectivity index (χ1) is 17.3. The maximum Gasteiger partial charge on any atom is 0.293 e. The average Bonchev–Trinajstić information content (AvgIpc) is 2.88. The van der Waals surface area contributed by atoms with Gasteiger partial charge in [-0.1, -0.05) is 42.5 Å². The lowest BCUT2D eigenvalue weighted by Gasteiger charge is -2.38. The van der Waals surface area contributed by atoms with Crippen molar-refractivity contribution >= 4 is 5.91 Å². The van der Waals surface area contributed by atoms with Crippen LogP contribution in [0.2, 0.25) is 0 Å². The summed E-state index contributed by atoms with van der Waals surface area (Å²) in [5.41, 5.74) is 0.630. The Morgan fingerprint density at radius 3 is 2.64 bits per heavy atom. The molecule has 4 rings (SSSR count). The fourth-order valence-corrected chi connectivity index (χ4v) is 4.27. The third-order valence-electron chi connectivity index (χ3n) is 6.21. The van der Waals surface area contributed by atoms with Crippen LogP contribution in [0.1, 0.15) is 54.7 Å². The van der Waals surface area contributed by atoms with Crippen molar-refractivity contribution in [2.75, 3.05) is 6.54 Å². The predicted molar refractivity (Wildman–Crippen MR) is 129 cm³/mol. The molecule has 2 heterocycles. The summed E-state index contributed by atoms with van der Waals surface area (Å²) >= 11 is 0. The number of nitrogens with one attached hydrogen (secondary N) is 2. The van der Waals surface area contributed by atoms with Crippen molar-refractivity contribution < 1.29 is 24.1 Å². The molecule has 3 atom stereocenters. The number of carbonyl (C=O) groups is 1. The maximum atomic E-state index is 13.1. The van der Waals surface area contributed by atoms with Gasteiger partial charge in [-0.2, -0.15) is 0 Å². The van der Waals surface area contributed by atoms with Crippen LogP contribution >= 0.6 is 0 Å². The van der Waals surface area contributed by atoms with E-state index in [9.17, 15) is 24.2 Å². The Kier molecular flexibility index (Phi) is 8.09. The molecule has 9 nitrogen and oxygen atoms in total. The van der Waals surface area contributed by atoms with Gasteiger partial charge in [-0.25, -0.2) is 9.37 Å². The fourth-order valence-electron chi connectivity index (χ4n) is 4.27. The first-order valence-electron chi connectivity index (χ1n) is 11.7. The van der Waals surface area contributed by atoms with Gasteiger partial charge >= 0.3 is 0 Å². The van der Waals surface area contributed by atoms with Crippen LogP contribution in [0.4, 0.5) is 4.39 Å². The molecule has 1 aromatic heterocycles. The first-order valence-corrected chi connectivity index (χ1v) is 11.7. The standard InChI is InChI=1S/C26H29FN4O5/c1-16(32)31-12-11-20(36-15-18-5-3-2-4-6-18)13-21(31)24-29-22(23(33)26(35)30-24)25(34)28-14-17-7-9-19(27)10-8-17/h2-10,20-21,25,28,33-34H,11-15H2,1H3,(H,29,30,35). The zero-order chi connectivity index (χ0) is 25.7. The number of H-pyrrole nitrogens is 1. The Bertz CT molecular complexity index is 1240. The number of aromatic hydroxyl groups is 1. The number of aromatic amines is 1. The summed E-state index contributed by atoms with van der Waals surface area (Å²) in [7, 11) is 0. The van der Waals surface area contributed by atoms with Crippen molar-refractivity contribution in [3.8, 4) is 5.75 Å². The van der Waals surface area contributed by atoms with E-state index < -0.39 is 23.6 Å². The van der Waals surface area contributed by atoms with E-state index in [0.29, 0.717) is 31.6 Å². The molecule has 1 fully saturated rings. The van der Waals surface area contributed by atoms with Crippen molar-refractivity contribution in [1.82, 2.24) is 20.2 Å². The van der Waals surface area contributed by atoms with Gasteiger partial charge in [0, 0.05) is 26.4 Å². The second-order valence-corrected chi connectivity index (χ2v) is 8.77. The molecule has 0 saturated carbocycles. The second kappa shape index (κ2) is 11.4. The summed E-state index contributed by atoms with van der Waals surface area (Å²) in [6.07, 6.45) is -0.649. The lowest BCUT2D eigenvalue weighted by Crippen LogP contribution is -2.43. The molecule has 0 bridgehead atoms. The van der Waals surface area contributed by atoms with Gasteiger partial charge in [-0.15, -0.1) is 0 Å². The summed E-state index contributed by atoms with van der Waals surface area (Å²) in [6.45, 7) is 2.40. The Hall–Kier alpha value is -3.60. The number of benzene rings is 2. The van der Waals surface area contributed by atoms with Gasteiger partial charge in [0.05, 0.1) is 18.8 Å². The SMILES string of the molecule is CC(=O)N1CCC(OCc2ccccc2)CC1c1nc(C(O)NCc2ccc(F)cc2)c(O)c(=O)[nH]1. The highest BCUT2D eigenvalue weighted by molar-refractivity contribution is 5.73. The number of halogens is 1. The number of likely N-dealkylation sites (tertiary alicyclic amines) is 1. The molecule has 4 N–H and O–H groups in total. The molecule has 190 valence electrons. The lowest BCUT2D eigenvalue weighted by molar-refractivity contribution is -0.136. The minimum absolute atomic E-state index is 0.142. The van der Waals surface area contributed by atoms with E-state index >= 15 is 0 Å². The van der Waals surface area contributed by atoms with Crippen LogP contribution in [0.5, 0.6) is 5.75 Å². The van der Waals surface area contributed by atoms with Gasteiger partial charge in [0.1, 0.15) is 17.3 Å². The van der Waals surface area contributed by atoms with E-state index in [1.165, 1.54) is 19.1 Å². The van der Waals surface area contributed by atoms with Crippen molar-refractivity contribution in [2.45, 2.75) is 51.3 Å². The van der Waals surface area contributed by atoms with Gasteiger partial charge in [-0.05, 0) is 29.7 Å². The monoisotopic (exact) mass is 496 g/mol. The van der Waals surface area contributed by atoms with Crippen LogP contribution in [0.3, 0.4) is 0 Å². The number of rotatable bonds is 8. The highest BCUT2D eigenvalue weighted by Gasteiger charge is 2.34. The Morgan fingerprint density at radius 1 is 1.22 bits per heavy atom. The third-order valence-corrected chi connectivity index (χ3v) is 6.21. The Labute approximate surface area is 207 Å². The van der Waals surface area contributed by atoms with E-state index in [4.69, 9.17) is 4.74 Å². The second-order valence-electron chi connectivity index (χ2n) is 8.77. The molecule has 36 heavy (non-hydrogen) atoms. The average molecular weight is 497 g/mol. The zero-order valence-corrected chi connectivity index (χ0v) is 19.9. The van der Waals surface area contributed by atoms with Crippen LogP contribution in [0, 0.1) is 5.82 Å². The van der Waals surface area contributed by atoms with Crippen LogP contribution in [-0.2, 0) is 22.7 Å². The molecular formula is C26H29FN4O5. The number of aliphatic hydroxyl groups is 1. The van der Waals surface area contributed by atoms with Gasteiger partial charge in [0.15, 0.2) is 6.23 Å². The largest absolute Gasteiger partial charge is 0.502 e. The van der Waals surface area contributed by atoms with Gasteiger partial charge in [-0.3, -0.25) is 14.9 Å². The van der Waals surface area contributed by atoms with E-state index in [1.807, 2.05) is 30.3 Å². The Morgan fingerprint density at radius 2 is 1.94 bits per heavy atom. The topological polar surface area (TPSA) is 128 Å². The number of hydrogen-bond donors (Lipinski definition) is 4. The zero-order valence-electron chi connectivity index (χ0n) is 19.9. The molecule has 3 unspecified atom stereocenters. The van der Waals surface area contributed by atoms with Crippen LogP contribution in [0.25, 0.3) is 0 Å². The van der Waals surface area contributed by atoms with Gasteiger partial charge < -0.3 is 24.8 Å². The number of piperidine rings is 1. The summed E-state index contributed by atoms with van der Waals surface area (Å²) < 4.78 is 19.2. The minimum atomic E-state index is -1.48. The van der Waals surface area contributed by atoms with Crippen LogP contribution in [-0.4, -0.2) is 43.6 Å². The molecular weight excluding hydrogens is 467 g/mol. The summed E-state index contributed by atoms with van der Waals surface area (Å²) in [4.78, 5) is 33.4. The quantitative estimate of drug-likeness (QED) is 0.353. The molecule has 0 radical (unpaired) electrons. The summed E-state index contributed by atoms with van der Waals surface area (Å²) in [5, 5.41) is 23.7. The van der Waals surface area contributed by atoms with Crippen molar-refractivity contribution in [3.63, 3.8) is 0 Å². The lowest BCUT2D eigenvalue weighted by atomic mass is 9.98. The summed E-state index contributed by atoms with van der Waals surface area (Å²) in [6, 6.07) is 14.8. The number of hydrogen-bond acceptors (Lipinski definition) is 7. The summed E-state index contributed by atoms with van der Waals surface area (Å²) in [5.74, 6) is -1.14. The smallest absolute Gasteiger partial charge is 0.293 e. The normalized spacial score (nSPS) is 18.7. The molecule has 10 heteroatoms. The number of ether oxygens (including phenoxy) is 1. The van der Waals surface area contributed by atoms with Crippen molar-refractivity contribution in [1.29, 1.82) is 0 Å². The van der Waals surface area contributed by atoms with Crippen LogP contribution in [0.15, 0.2) is 59.4 Å². The maximum absolute atomic E-state index is 13.1. The molecule has 1 saturated heterocycles. The number of carbonyl (C=O) groups excluding carboxylic acids is 1. The molecule has 1 aliphatic rings. The number of aromatic nitrogens is 2. The molecule has 0 spiro atoms. The third kappa shape index (κ3) is 6.14. The van der Waals surface area contributed by atoms with E-state index in [2.05, 4.69) is 15.3 Å². The molecule has 1 amide bonds. The number of aliphatic hydroxyl groups excluding tert-OH is 1. The van der Waals surface area contributed by atoms with Gasteiger partial charge in [0.25, 0.3) is 5.56 Å². The predicted octanol–water partition coefficient (Wildman–Crippen LogP) is 2.66. The van der Waals surface area contributed by atoms with Crippen molar-refractivity contribution in [2.24, 2.45) is 0 Å². The Balaban J connectivity index is 1.52. The molecule has 3 aromatic rings. The first kappa shape index (κ1) is 25.5. The van der Waals surface area contributed by atoms with Crippen molar-refractivity contribution in [3.05, 3.63) is 93.4 Å². The molecule has 1 aliphatic heterocycles. The van der Waals surface area contributed by atoms with E-state index in [-0.39, 0.29) is 35.9 Å². The van der Waals surface area contributed by atoms with E-state index in [0.717, 1.165) is 5.56 Å². The number of amides is 1. The van der Waals surface area contributed by atoms with E-state index in [1.54, 1.807) is 17.0 Å². The highest BCUT2D eigenvalue weighted by atomic mass is 19.1. The molecule has 0 aliphatic carbocycles. The van der Waals surface area contributed by atoms with Crippen LogP contribution < -0.4 is 10.9 Å². The minimum Gasteiger partial charge on any atom is -0.502 e. The number of nitrogens with zero attached hydrogens (tertiary/aromatic N) is 2. The fraction of sp³-hybridized carbons (Fsp3) is 0.346. The van der Waals surface area contributed by atoms with Gasteiger partial charge in [0.2, 0.25) is 11.7 Å².